The van der Waals surface area contributed by atoms with Crippen molar-refractivity contribution < 1.29 is 9.53 Å². The van der Waals surface area contributed by atoms with Gasteiger partial charge in [-0.3, -0.25) is 4.79 Å². The van der Waals surface area contributed by atoms with Crippen LogP contribution in [0.5, 0.6) is 0 Å². The first-order valence-electron chi connectivity index (χ1n) is 11.2. The second-order valence-corrected chi connectivity index (χ2v) is 9.26. The summed E-state index contributed by atoms with van der Waals surface area (Å²) in [6.45, 7) is 3.83. The summed E-state index contributed by atoms with van der Waals surface area (Å²) in [7, 11) is 0. The van der Waals surface area contributed by atoms with E-state index in [0.29, 0.717) is 12.5 Å². The third-order valence-corrected chi connectivity index (χ3v) is 7.56. The largest absolute Gasteiger partial charge is 0.378 e. The normalized spacial score (nSPS) is 27.3. The predicted molar refractivity (Wildman–Crippen MR) is 117 cm³/mol. The van der Waals surface area contributed by atoms with E-state index in [-0.39, 0.29) is 5.41 Å². The molecule has 1 aromatic heterocycles. The predicted octanol–water partition coefficient (Wildman–Crippen LogP) is 4.09. The average molecular weight is 405 g/mol. The summed E-state index contributed by atoms with van der Waals surface area (Å²) in [6, 6.07) is 10.5. The maximum atomic E-state index is 14.0. The third kappa shape index (κ3) is 2.88. The number of pyridine rings is 1. The van der Waals surface area contributed by atoms with Crippen LogP contribution in [0.2, 0.25) is 0 Å². The molecule has 1 N–H and O–H groups in total. The van der Waals surface area contributed by atoms with Crippen LogP contribution in [0.4, 0.5) is 22.9 Å². The van der Waals surface area contributed by atoms with E-state index in [1.165, 1.54) is 12.8 Å². The zero-order valence-corrected chi connectivity index (χ0v) is 17.3. The molecule has 0 radical (unpaired) electrons. The molecule has 0 spiro atoms. The highest BCUT2D eigenvalue weighted by Crippen LogP contribution is 2.56. The maximum absolute atomic E-state index is 14.0. The minimum absolute atomic E-state index is 0.163. The van der Waals surface area contributed by atoms with Crippen LogP contribution >= 0.6 is 0 Å². The quantitative estimate of drug-likeness (QED) is 0.817. The van der Waals surface area contributed by atoms with Crippen LogP contribution in [0.15, 0.2) is 36.5 Å². The summed E-state index contributed by atoms with van der Waals surface area (Å²) in [6.07, 6.45) is 7.36. The van der Waals surface area contributed by atoms with E-state index in [9.17, 15) is 4.79 Å². The van der Waals surface area contributed by atoms with E-state index in [2.05, 4.69) is 39.5 Å². The Bertz CT molecular complexity index is 977. The number of amides is 1. The Kier molecular flexibility index (Phi) is 4.23. The number of hydrogen-bond acceptors (Lipinski definition) is 5. The van der Waals surface area contributed by atoms with Crippen LogP contribution in [0.1, 0.15) is 37.7 Å². The smallest absolute Gasteiger partial charge is 0.233 e. The fraction of sp³-hybridized carbons (Fsp3) is 0.500. The molecule has 0 atom stereocenters. The molecule has 156 valence electrons. The number of aromatic nitrogens is 1. The Morgan fingerprint density at radius 3 is 2.77 bits per heavy atom. The van der Waals surface area contributed by atoms with Gasteiger partial charge in [-0.2, -0.15) is 0 Å². The molecule has 6 heteroatoms. The van der Waals surface area contributed by atoms with Crippen LogP contribution in [-0.4, -0.2) is 37.2 Å². The molecule has 3 heterocycles. The number of nitrogens with one attached hydrogen (secondary N) is 1. The van der Waals surface area contributed by atoms with E-state index in [0.717, 1.165) is 79.9 Å². The Balaban J connectivity index is 1.43. The van der Waals surface area contributed by atoms with Crippen LogP contribution in [0, 0.1) is 11.3 Å². The molecule has 30 heavy (non-hydrogen) atoms. The first kappa shape index (κ1) is 18.2. The van der Waals surface area contributed by atoms with Crippen molar-refractivity contribution in [1.82, 2.24) is 4.98 Å². The van der Waals surface area contributed by atoms with Gasteiger partial charge in [0.25, 0.3) is 0 Å². The zero-order chi connectivity index (χ0) is 20.1. The molecule has 1 saturated heterocycles. The van der Waals surface area contributed by atoms with Gasteiger partial charge in [0.15, 0.2) is 0 Å². The average Bonchev–Trinajstić information content (AvgIpc) is 3.37. The van der Waals surface area contributed by atoms with Gasteiger partial charge in [-0.15, -0.1) is 0 Å². The minimum Gasteiger partial charge on any atom is -0.378 e. The molecule has 4 aliphatic rings. The van der Waals surface area contributed by atoms with E-state index in [4.69, 9.17) is 4.74 Å². The van der Waals surface area contributed by atoms with Crippen molar-refractivity contribution in [2.24, 2.45) is 11.3 Å². The van der Waals surface area contributed by atoms with Gasteiger partial charge in [0, 0.05) is 30.5 Å². The number of fused-ring (bicyclic) bond motifs is 4. The van der Waals surface area contributed by atoms with Gasteiger partial charge in [0.1, 0.15) is 5.82 Å². The number of hydrogen-bond donors (Lipinski definition) is 1. The molecule has 2 bridgehead atoms. The number of carbonyl (C=O) groups is 1. The number of benzene rings is 1. The van der Waals surface area contributed by atoms with E-state index >= 15 is 0 Å². The number of morpholine rings is 1. The summed E-state index contributed by atoms with van der Waals surface area (Å²) >= 11 is 0. The van der Waals surface area contributed by atoms with Crippen LogP contribution < -0.4 is 15.1 Å². The molecule has 2 aliphatic heterocycles. The number of ether oxygens (including phenoxy) is 1. The van der Waals surface area contributed by atoms with E-state index in [1.807, 2.05) is 17.2 Å². The molecular weight excluding hydrogens is 376 g/mol. The zero-order valence-electron chi connectivity index (χ0n) is 17.3. The van der Waals surface area contributed by atoms with Gasteiger partial charge in [-0.25, -0.2) is 4.98 Å². The monoisotopic (exact) mass is 404 g/mol. The van der Waals surface area contributed by atoms with Crippen molar-refractivity contribution in [1.29, 1.82) is 0 Å². The Hall–Kier alpha value is -2.60. The fourth-order valence-electron chi connectivity index (χ4n) is 5.89. The summed E-state index contributed by atoms with van der Waals surface area (Å²) in [5.74, 6) is 1.90. The molecular formula is C24H28N4O2. The molecule has 1 amide bonds. The molecule has 3 fully saturated rings. The lowest BCUT2D eigenvalue weighted by molar-refractivity contribution is -0.128. The summed E-state index contributed by atoms with van der Waals surface area (Å²) in [4.78, 5) is 23.0. The van der Waals surface area contributed by atoms with Crippen molar-refractivity contribution in [3.05, 3.63) is 42.1 Å². The molecule has 0 unspecified atom stereocenters. The van der Waals surface area contributed by atoms with Crippen molar-refractivity contribution in [3.8, 4) is 0 Å². The number of nitrogens with zero attached hydrogens (tertiary/aromatic N) is 3. The summed E-state index contributed by atoms with van der Waals surface area (Å²) in [5.41, 5.74) is 4.00. The van der Waals surface area contributed by atoms with Crippen LogP contribution in [-0.2, 0) is 16.1 Å². The molecule has 2 aliphatic carbocycles. The highest BCUT2D eigenvalue weighted by atomic mass is 16.5. The van der Waals surface area contributed by atoms with Crippen LogP contribution in [0.3, 0.4) is 0 Å². The first-order valence-corrected chi connectivity index (χ1v) is 11.2. The maximum Gasteiger partial charge on any atom is 0.233 e. The number of rotatable bonds is 2. The molecule has 2 aromatic rings. The highest BCUT2D eigenvalue weighted by molar-refractivity contribution is 6.02. The molecule has 6 nitrogen and oxygen atoms in total. The van der Waals surface area contributed by atoms with Gasteiger partial charge in [-0.1, -0.05) is 6.07 Å². The summed E-state index contributed by atoms with van der Waals surface area (Å²) < 4.78 is 5.53. The Labute approximate surface area is 177 Å². The fourth-order valence-corrected chi connectivity index (χ4v) is 5.89. The SMILES string of the molecule is O=C(N1Cc2cccnc2Nc2ccc(N3CCOCC3)cc21)C12CCC(CC1)C2. The van der Waals surface area contributed by atoms with Gasteiger partial charge < -0.3 is 19.9 Å². The van der Waals surface area contributed by atoms with E-state index in [1.54, 1.807) is 0 Å². The lowest BCUT2D eigenvalue weighted by Gasteiger charge is -2.34. The second kappa shape index (κ2) is 6.98. The van der Waals surface area contributed by atoms with Gasteiger partial charge in [-0.05, 0) is 62.3 Å². The summed E-state index contributed by atoms with van der Waals surface area (Å²) in [5, 5.41) is 3.50. The Morgan fingerprint density at radius 1 is 1.17 bits per heavy atom. The molecule has 6 rings (SSSR count). The minimum atomic E-state index is -0.163. The third-order valence-electron chi connectivity index (χ3n) is 7.56. The number of carbonyl (C=O) groups excluding carboxylic acids is 1. The molecule has 2 saturated carbocycles. The lowest BCUT2D eigenvalue weighted by Crippen LogP contribution is -2.42. The van der Waals surface area contributed by atoms with Crippen molar-refractivity contribution >= 4 is 28.8 Å². The second-order valence-electron chi connectivity index (χ2n) is 9.26. The highest BCUT2D eigenvalue weighted by Gasteiger charge is 2.52. The van der Waals surface area contributed by atoms with E-state index < -0.39 is 0 Å². The van der Waals surface area contributed by atoms with Crippen LogP contribution in [0.25, 0.3) is 0 Å². The van der Waals surface area contributed by atoms with Crippen molar-refractivity contribution in [3.63, 3.8) is 0 Å². The standard InChI is InChI=1S/C24H28N4O2/c29-23(24-7-5-17(15-24)6-8-24)28-16-18-2-1-9-25-22(18)26-20-4-3-19(14-21(20)28)27-10-12-30-13-11-27/h1-4,9,14,17H,5-8,10-13,15-16H2,(H,25,26). The van der Waals surface area contributed by atoms with Crippen molar-refractivity contribution in [2.45, 2.75) is 38.6 Å². The van der Waals surface area contributed by atoms with Gasteiger partial charge >= 0.3 is 0 Å². The van der Waals surface area contributed by atoms with Gasteiger partial charge in [0.05, 0.1) is 36.5 Å². The Morgan fingerprint density at radius 2 is 2.00 bits per heavy atom. The topological polar surface area (TPSA) is 57.7 Å². The van der Waals surface area contributed by atoms with Gasteiger partial charge in [0.2, 0.25) is 5.91 Å². The first-order chi connectivity index (χ1) is 14.7. The number of anilines is 4. The molecule has 1 aromatic carbocycles. The van der Waals surface area contributed by atoms with Crippen molar-refractivity contribution in [2.75, 3.05) is 41.4 Å². The lowest BCUT2D eigenvalue weighted by atomic mass is 9.82.